The van der Waals surface area contributed by atoms with Crippen LogP contribution in [0.2, 0.25) is 0 Å². The molecule has 0 bridgehead atoms. The lowest BCUT2D eigenvalue weighted by Crippen LogP contribution is -2.37. The summed E-state index contributed by atoms with van der Waals surface area (Å²) in [6.07, 6.45) is 6.77. The summed E-state index contributed by atoms with van der Waals surface area (Å²) in [4.78, 5) is 10.9. The van der Waals surface area contributed by atoms with Crippen molar-refractivity contribution in [2.75, 3.05) is 13.7 Å². The molecule has 1 aliphatic carbocycles. The number of hydrogen-bond donors (Lipinski definition) is 1. The lowest BCUT2D eigenvalue weighted by Gasteiger charge is -2.29. The van der Waals surface area contributed by atoms with Gasteiger partial charge < -0.3 is 10.1 Å². The minimum Gasteiger partial charge on any atom is -0.469 e. The number of hydrogen-bond acceptors (Lipinski definition) is 3. The van der Waals surface area contributed by atoms with E-state index in [9.17, 15) is 4.79 Å². The Balaban J connectivity index is 2.06. The fraction of sp³-hybridized carbons (Fsp3) is 0.917. The standard InChI is InChI=1S/C12H23NO2/c1-10-6-3-4-7-11(10)13-9-5-8-12(14)15-2/h10-11,13H,3-9H2,1-2H3/t10-,11-/m0/s1. The molecule has 0 aromatic carbocycles. The molecule has 0 aliphatic heterocycles. The Hall–Kier alpha value is -0.570. The van der Waals surface area contributed by atoms with Crippen molar-refractivity contribution in [2.24, 2.45) is 5.92 Å². The number of nitrogens with one attached hydrogen (secondary N) is 1. The third-order valence-electron chi connectivity index (χ3n) is 3.30. The minimum atomic E-state index is -0.103. The second-order valence-corrected chi connectivity index (χ2v) is 4.50. The number of esters is 1. The van der Waals surface area contributed by atoms with E-state index in [-0.39, 0.29) is 5.97 Å². The van der Waals surface area contributed by atoms with E-state index in [4.69, 9.17) is 0 Å². The highest BCUT2D eigenvalue weighted by Gasteiger charge is 2.20. The molecule has 0 amide bonds. The topological polar surface area (TPSA) is 38.3 Å². The Kier molecular flexibility index (Phi) is 5.69. The maximum atomic E-state index is 10.9. The van der Waals surface area contributed by atoms with Gasteiger partial charge in [-0.3, -0.25) is 4.79 Å². The predicted molar refractivity (Wildman–Crippen MR) is 60.7 cm³/mol. The zero-order valence-electron chi connectivity index (χ0n) is 9.92. The summed E-state index contributed by atoms with van der Waals surface area (Å²) in [5.74, 6) is 0.686. The van der Waals surface area contributed by atoms with Gasteiger partial charge >= 0.3 is 5.97 Å². The molecular weight excluding hydrogens is 190 g/mol. The molecule has 0 radical (unpaired) electrons. The van der Waals surface area contributed by atoms with Crippen molar-refractivity contribution in [3.05, 3.63) is 0 Å². The fourth-order valence-corrected chi connectivity index (χ4v) is 2.24. The highest BCUT2D eigenvalue weighted by Crippen LogP contribution is 2.23. The lowest BCUT2D eigenvalue weighted by atomic mass is 9.86. The van der Waals surface area contributed by atoms with Gasteiger partial charge in [-0.2, -0.15) is 0 Å². The second kappa shape index (κ2) is 6.83. The zero-order valence-corrected chi connectivity index (χ0v) is 9.92. The molecule has 0 aromatic rings. The van der Waals surface area contributed by atoms with E-state index >= 15 is 0 Å². The van der Waals surface area contributed by atoms with Crippen LogP contribution in [0.1, 0.15) is 45.4 Å². The van der Waals surface area contributed by atoms with Crippen LogP contribution in [0.3, 0.4) is 0 Å². The lowest BCUT2D eigenvalue weighted by molar-refractivity contribution is -0.140. The SMILES string of the molecule is COC(=O)CCCN[C@H]1CCCC[C@@H]1C. The van der Waals surface area contributed by atoms with E-state index in [1.54, 1.807) is 0 Å². The van der Waals surface area contributed by atoms with Gasteiger partial charge in [-0.05, 0) is 31.7 Å². The Morgan fingerprint density at radius 3 is 2.80 bits per heavy atom. The first-order valence-electron chi connectivity index (χ1n) is 6.04. The number of methoxy groups -OCH3 is 1. The number of carbonyl (C=O) groups excluding carboxylic acids is 1. The third-order valence-corrected chi connectivity index (χ3v) is 3.30. The van der Waals surface area contributed by atoms with Crippen molar-refractivity contribution in [3.63, 3.8) is 0 Å². The molecule has 88 valence electrons. The summed E-state index contributed by atoms with van der Waals surface area (Å²) < 4.78 is 4.60. The zero-order chi connectivity index (χ0) is 11.1. The smallest absolute Gasteiger partial charge is 0.305 e. The summed E-state index contributed by atoms with van der Waals surface area (Å²) in [6, 6.07) is 0.663. The van der Waals surface area contributed by atoms with Crippen molar-refractivity contribution in [2.45, 2.75) is 51.5 Å². The maximum Gasteiger partial charge on any atom is 0.305 e. The molecular formula is C12H23NO2. The fourth-order valence-electron chi connectivity index (χ4n) is 2.24. The second-order valence-electron chi connectivity index (χ2n) is 4.50. The van der Waals surface area contributed by atoms with Gasteiger partial charge in [0.2, 0.25) is 0 Å². The molecule has 0 unspecified atom stereocenters. The largest absolute Gasteiger partial charge is 0.469 e. The van der Waals surface area contributed by atoms with Crippen molar-refractivity contribution in [1.29, 1.82) is 0 Å². The number of carbonyl (C=O) groups is 1. The molecule has 3 nitrogen and oxygen atoms in total. The van der Waals surface area contributed by atoms with Gasteiger partial charge in [0.15, 0.2) is 0 Å². The van der Waals surface area contributed by atoms with Crippen LogP contribution in [0.4, 0.5) is 0 Å². The van der Waals surface area contributed by atoms with Gasteiger partial charge in [-0.25, -0.2) is 0 Å². The molecule has 0 aromatic heterocycles. The molecule has 1 rings (SSSR count). The van der Waals surface area contributed by atoms with Gasteiger partial charge in [-0.1, -0.05) is 19.8 Å². The first-order valence-corrected chi connectivity index (χ1v) is 6.04. The van der Waals surface area contributed by atoms with Crippen LogP contribution >= 0.6 is 0 Å². The first kappa shape index (κ1) is 12.5. The summed E-state index contributed by atoms with van der Waals surface area (Å²) in [5.41, 5.74) is 0. The molecule has 2 atom stereocenters. The van der Waals surface area contributed by atoms with Gasteiger partial charge in [0.1, 0.15) is 0 Å². The maximum absolute atomic E-state index is 10.9. The molecule has 0 saturated heterocycles. The molecule has 0 heterocycles. The van der Waals surface area contributed by atoms with Gasteiger partial charge in [-0.15, -0.1) is 0 Å². The summed E-state index contributed by atoms with van der Waals surface area (Å²) >= 11 is 0. The first-order chi connectivity index (χ1) is 7.24. The van der Waals surface area contributed by atoms with Gasteiger partial charge in [0.05, 0.1) is 7.11 Å². The summed E-state index contributed by atoms with van der Waals surface area (Å²) in [5, 5.41) is 3.54. The van der Waals surface area contributed by atoms with E-state index in [0.29, 0.717) is 12.5 Å². The molecule has 1 aliphatic rings. The van der Waals surface area contributed by atoms with Crippen molar-refractivity contribution in [3.8, 4) is 0 Å². The molecule has 15 heavy (non-hydrogen) atoms. The van der Waals surface area contributed by atoms with Crippen LogP contribution in [0.5, 0.6) is 0 Å². The summed E-state index contributed by atoms with van der Waals surface area (Å²) in [7, 11) is 1.44. The van der Waals surface area contributed by atoms with E-state index in [0.717, 1.165) is 18.9 Å². The Bertz CT molecular complexity index is 194. The van der Waals surface area contributed by atoms with Crippen LogP contribution in [-0.2, 0) is 9.53 Å². The Morgan fingerprint density at radius 1 is 1.40 bits per heavy atom. The van der Waals surface area contributed by atoms with Crippen LogP contribution < -0.4 is 5.32 Å². The van der Waals surface area contributed by atoms with E-state index < -0.39 is 0 Å². The van der Waals surface area contributed by atoms with E-state index in [1.165, 1.54) is 32.8 Å². The van der Waals surface area contributed by atoms with Crippen LogP contribution in [0.25, 0.3) is 0 Å². The van der Waals surface area contributed by atoms with Crippen LogP contribution in [0.15, 0.2) is 0 Å². The monoisotopic (exact) mass is 213 g/mol. The normalized spacial score (nSPS) is 26.3. The van der Waals surface area contributed by atoms with E-state index in [2.05, 4.69) is 17.0 Å². The highest BCUT2D eigenvalue weighted by molar-refractivity contribution is 5.69. The quantitative estimate of drug-likeness (QED) is 0.561. The Morgan fingerprint density at radius 2 is 2.13 bits per heavy atom. The number of rotatable bonds is 5. The van der Waals surface area contributed by atoms with Gasteiger partial charge in [0, 0.05) is 12.5 Å². The average Bonchev–Trinajstić information content (AvgIpc) is 2.26. The molecule has 3 heteroatoms. The van der Waals surface area contributed by atoms with Crippen molar-refractivity contribution < 1.29 is 9.53 Å². The van der Waals surface area contributed by atoms with Gasteiger partial charge in [0.25, 0.3) is 0 Å². The number of ether oxygens (including phenoxy) is 1. The van der Waals surface area contributed by atoms with E-state index in [1.807, 2.05) is 0 Å². The van der Waals surface area contributed by atoms with Crippen molar-refractivity contribution in [1.82, 2.24) is 5.32 Å². The minimum absolute atomic E-state index is 0.103. The highest BCUT2D eigenvalue weighted by atomic mass is 16.5. The average molecular weight is 213 g/mol. The van der Waals surface area contributed by atoms with Crippen LogP contribution in [-0.4, -0.2) is 25.7 Å². The molecule has 1 fully saturated rings. The van der Waals surface area contributed by atoms with Crippen LogP contribution in [0, 0.1) is 5.92 Å². The summed E-state index contributed by atoms with van der Waals surface area (Å²) in [6.45, 7) is 3.25. The molecule has 1 N–H and O–H groups in total. The predicted octanol–water partition coefficient (Wildman–Crippen LogP) is 2.11. The molecule has 1 saturated carbocycles. The van der Waals surface area contributed by atoms with Crippen molar-refractivity contribution >= 4 is 5.97 Å². The third kappa shape index (κ3) is 4.65. The Labute approximate surface area is 92.6 Å². The molecule has 0 spiro atoms.